The molecule has 1 unspecified atom stereocenters. The Morgan fingerprint density at radius 2 is 1.96 bits per heavy atom. The van der Waals surface area contributed by atoms with Crippen molar-refractivity contribution in [2.75, 3.05) is 7.11 Å². The standard InChI is InChI=1S/C17H16FN3O2S.C2H6/c1-17(12-7-8-19-14(9-12)23-2)15(22)21-16(24-17)20-10-11-3-5-13(18)6-4-11;1-2/h3-9H,10H2,1-2H3,(H,20,21,22);1-2H3. The number of carbonyl (C=O) groups is 1. The number of amides is 1. The van der Waals surface area contributed by atoms with E-state index in [1.807, 2.05) is 20.8 Å². The number of nitrogens with zero attached hydrogens (tertiary/aromatic N) is 2. The minimum absolute atomic E-state index is 0.140. The fraction of sp³-hybridized carbons (Fsp3) is 0.316. The highest BCUT2D eigenvalue weighted by Crippen LogP contribution is 2.41. The van der Waals surface area contributed by atoms with Crippen LogP contribution in [0.4, 0.5) is 4.39 Å². The predicted octanol–water partition coefficient (Wildman–Crippen LogP) is 3.89. The van der Waals surface area contributed by atoms with Crippen LogP contribution in [0.15, 0.2) is 47.6 Å². The Morgan fingerprint density at radius 3 is 2.62 bits per heavy atom. The molecule has 5 nitrogen and oxygen atoms in total. The summed E-state index contributed by atoms with van der Waals surface area (Å²) in [6.45, 7) is 6.21. The first kappa shape index (κ1) is 19.9. The Bertz CT molecular complexity index is 796. The van der Waals surface area contributed by atoms with Gasteiger partial charge in [-0.05, 0) is 36.2 Å². The topological polar surface area (TPSA) is 63.6 Å². The molecule has 1 fully saturated rings. The van der Waals surface area contributed by atoms with E-state index in [1.165, 1.54) is 31.0 Å². The van der Waals surface area contributed by atoms with Gasteiger partial charge in [0, 0.05) is 12.3 Å². The number of hydrogen-bond donors (Lipinski definition) is 1. The summed E-state index contributed by atoms with van der Waals surface area (Å²) in [5.41, 5.74) is 1.67. The highest BCUT2D eigenvalue weighted by atomic mass is 32.2. The minimum Gasteiger partial charge on any atom is -0.481 e. The van der Waals surface area contributed by atoms with Gasteiger partial charge in [0.05, 0.1) is 13.7 Å². The summed E-state index contributed by atoms with van der Waals surface area (Å²) >= 11 is 1.35. The van der Waals surface area contributed by atoms with Crippen molar-refractivity contribution in [3.05, 3.63) is 59.5 Å². The fourth-order valence-corrected chi connectivity index (χ4v) is 3.36. The van der Waals surface area contributed by atoms with E-state index in [4.69, 9.17) is 4.74 Å². The molecule has 0 bridgehead atoms. The van der Waals surface area contributed by atoms with Gasteiger partial charge in [-0.25, -0.2) is 9.37 Å². The first-order valence-electron chi connectivity index (χ1n) is 8.31. The molecule has 2 aromatic rings. The van der Waals surface area contributed by atoms with E-state index in [1.54, 1.807) is 30.5 Å². The van der Waals surface area contributed by atoms with E-state index < -0.39 is 4.75 Å². The molecule has 0 spiro atoms. The summed E-state index contributed by atoms with van der Waals surface area (Å²) in [7, 11) is 1.53. The van der Waals surface area contributed by atoms with Crippen molar-refractivity contribution in [2.24, 2.45) is 4.99 Å². The van der Waals surface area contributed by atoms with E-state index >= 15 is 0 Å². The van der Waals surface area contributed by atoms with E-state index in [2.05, 4.69) is 15.3 Å². The first-order valence-corrected chi connectivity index (χ1v) is 9.13. The number of hydrogen-bond acceptors (Lipinski definition) is 5. The van der Waals surface area contributed by atoms with Gasteiger partial charge in [0.1, 0.15) is 10.6 Å². The minimum atomic E-state index is -0.794. The van der Waals surface area contributed by atoms with Crippen LogP contribution in [0.3, 0.4) is 0 Å². The van der Waals surface area contributed by atoms with Crippen molar-refractivity contribution in [3.63, 3.8) is 0 Å². The molecule has 0 aliphatic carbocycles. The highest BCUT2D eigenvalue weighted by Gasteiger charge is 2.44. The van der Waals surface area contributed by atoms with Crippen LogP contribution in [0, 0.1) is 5.82 Å². The summed E-state index contributed by atoms with van der Waals surface area (Å²) in [4.78, 5) is 20.9. The number of thioether (sulfide) groups is 1. The monoisotopic (exact) mass is 375 g/mol. The summed E-state index contributed by atoms with van der Waals surface area (Å²) < 4.78 is 17.2. The quantitative estimate of drug-likeness (QED) is 0.881. The molecule has 3 rings (SSSR count). The number of halogens is 1. The van der Waals surface area contributed by atoms with Crippen molar-refractivity contribution < 1.29 is 13.9 Å². The Morgan fingerprint density at radius 1 is 1.27 bits per heavy atom. The van der Waals surface area contributed by atoms with Gasteiger partial charge in [0.15, 0.2) is 5.17 Å². The smallest absolute Gasteiger partial charge is 0.246 e. The maximum Gasteiger partial charge on any atom is 0.246 e. The van der Waals surface area contributed by atoms with Crippen LogP contribution >= 0.6 is 11.8 Å². The third-order valence-electron chi connectivity index (χ3n) is 3.77. The average molecular weight is 375 g/mol. The SMILES string of the molecule is CC.COc1cc(C2(C)SC(=NCc3ccc(F)cc3)NC2=O)ccn1. The number of rotatable bonds is 4. The van der Waals surface area contributed by atoms with Gasteiger partial charge in [-0.15, -0.1) is 0 Å². The summed E-state index contributed by atoms with van der Waals surface area (Å²) in [5.74, 6) is 0.0339. The molecule has 1 N–H and O–H groups in total. The summed E-state index contributed by atoms with van der Waals surface area (Å²) in [6.07, 6.45) is 1.61. The second-order valence-corrected chi connectivity index (χ2v) is 6.83. The second kappa shape index (κ2) is 8.80. The Balaban J connectivity index is 0.00000117. The Labute approximate surface area is 157 Å². The number of amidine groups is 1. The number of pyridine rings is 1. The average Bonchev–Trinajstić information content (AvgIpc) is 2.98. The Kier molecular flexibility index (Phi) is 6.74. The van der Waals surface area contributed by atoms with Gasteiger partial charge in [-0.3, -0.25) is 9.79 Å². The van der Waals surface area contributed by atoms with Crippen molar-refractivity contribution in [1.29, 1.82) is 0 Å². The number of aromatic nitrogens is 1. The lowest BCUT2D eigenvalue weighted by Gasteiger charge is -2.19. The van der Waals surface area contributed by atoms with Crippen LogP contribution in [0.2, 0.25) is 0 Å². The van der Waals surface area contributed by atoms with Crippen LogP contribution < -0.4 is 10.1 Å². The fourth-order valence-electron chi connectivity index (χ4n) is 2.31. The number of aliphatic imine (C=N–C) groups is 1. The largest absolute Gasteiger partial charge is 0.481 e. The molecule has 1 atom stereocenters. The van der Waals surface area contributed by atoms with Crippen molar-refractivity contribution in [1.82, 2.24) is 10.3 Å². The predicted molar refractivity (Wildman–Crippen MR) is 103 cm³/mol. The molecule has 1 aromatic heterocycles. The van der Waals surface area contributed by atoms with Gasteiger partial charge in [-0.1, -0.05) is 37.7 Å². The number of benzene rings is 1. The highest BCUT2D eigenvalue weighted by molar-refractivity contribution is 8.15. The van der Waals surface area contributed by atoms with Gasteiger partial charge in [0.25, 0.3) is 0 Å². The lowest BCUT2D eigenvalue weighted by atomic mass is 10.0. The molecular weight excluding hydrogens is 353 g/mol. The molecule has 1 aliphatic rings. The van der Waals surface area contributed by atoms with Crippen LogP contribution in [0.5, 0.6) is 5.88 Å². The molecule has 2 heterocycles. The third kappa shape index (κ3) is 4.40. The van der Waals surface area contributed by atoms with Crippen LogP contribution in [0.25, 0.3) is 0 Å². The lowest BCUT2D eigenvalue weighted by molar-refractivity contribution is -0.121. The zero-order valence-corrected chi connectivity index (χ0v) is 16.1. The second-order valence-electron chi connectivity index (χ2n) is 5.42. The van der Waals surface area contributed by atoms with Crippen molar-refractivity contribution >= 4 is 22.8 Å². The van der Waals surface area contributed by atoms with Crippen LogP contribution in [-0.4, -0.2) is 23.2 Å². The van der Waals surface area contributed by atoms with Crippen molar-refractivity contribution in [2.45, 2.75) is 32.1 Å². The summed E-state index contributed by atoms with van der Waals surface area (Å²) in [5, 5.41) is 3.34. The number of carbonyl (C=O) groups excluding carboxylic acids is 1. The molecule has 0 saturated carbocycles. The molecule has 1 aromatic carbocycles. The number of methoxy groups -OCH3 is 1. The molecule has 26 heavy (non-hydrogen) atoms. The number of nitrogens with one attached hydrogen (secondary N) is 1. The first-order chi connectivity index (χ1) is 12.5. The van der Waals surface area contributed by atoms with Crippen LogP contribution in [0.1, 0.15) is 31.9 Å². The molecule has 0 radical (unpaired) electrons. The maximum atomic E-state index is 12.9. The zero-order chi connectivity index (χ0) is 19.2. The molecule has 138 valence electrons. The molecule has 1 saturated heterocycles. The van der Waals surface area contributed by atoms with E-state index in [0.29, 0.717) is 17.6 Å². The molecule has 1 aliphatic heterocycles. The Hall–Kier alpha value is -2.41. The van der Waals surface area contributed by atoms with Gasteiger partial charge in [0.2, 0.25) is 11.8 Å². The molecule has 7 heteroatoms. The third-order valence-corrected chi connectivity index (χ3v) is 5.02. The van der Waals surface area contributed by atoms with E-state index in [0.717, 1.165) is 11.1 Å². The summed E-state index contributed by atoms with van der Waals surface area (Å²) in [6, 6.07) is 9.67. The normalized spacial score (nSPS) is 20.3. The molecule has 1 amide bonds. The molecular formula is C19H22FN3O2S. The van der Waals surface area contributed by atoms with Gasteiger partial charge >= 0.3 is 0 Å². The number of ether oxygens (including phenoxy) is 1. The van der Waals surface area contributed by atoms with Crippen molar-refractivity contribution in [3.8, 4) is 5.88 Å². The van der Waals surface area contributed by atoms with E-state index in [-0.39, 0.29) is 11.7 Å². The zero-order valence-electron chi connectivity index (χ0n) is 15.2. The van der Waals surface area contributed by atoms with Gasteiger partial charge < -0.3 is 10.1 Å². The van der Waals surface area contributed by atoms with Gasteiger partial charge in [-0.2, -0.15) is 0 Å². The van der Waals surface area contributed by atoms with Crippen LogP contribution in [-0.2, 0) is 16.1 Å². The lowest BCUT2D eigenvalue weighted by Crippen LogP contribution is -2.31. The maximum absolute atomic E-state index is 12.9. The van der Waals surface area contributed by atoms with E-state index in [9.17, 15) is 9.18 Å².